The van der Waals surface area contributed by atoms with Crippen LogP contribution >= 0.6 is 11.3 Å². The molecular formula is C21H27F3N6O4S2. The van der Waals surface area contributed by atoms with Crippen LogP contribution in [0.3, 0.4) is 0 Å². The molecule has 1 N–H and O–H groups in total. The molecular weight excluding hydrogens is 521 g/mol. The van der Waals surface area contributed by atoms with Crippen LogP contribution in [-0.4, -0.2) is 55.7 Å². The highest BCUT2D eigenvalue weighted by Crippen LogP contribution is 2.40. The quantitative estimate of drug-likeness (QED) is 0.312. The molecule has 198 valence electrons. The van der Waals surface area contributed by atoms with Crippen molar-refractivity contribution in [2.24, 2.45) is 10.2 Å². The highest BCUT2D eigenvalue weighted by atomic mass is 32.2. The van der Waals surface area contributed by atoms with E-state index in [4.69, 9.17) is 4.74 Å². The van der Waals surface area contributed by atoms with Gasteiger partial charge in [-0.2, -0.15) is 13.2 Å². The number of halogens is 3. The lowest BCUT2D eigenvalue weighted by atomic mass is 9.95. The van der Waals surface area contributed by atoms with E-state index < -0.39 is 27.9 Å². The molecule has 0 aliphatic carbocycles. The molecule has 1 unspecified atom stereocenters. The Balaban J connectivity index is 1.98. The molecule has 0 saturated heterocycles. The molecule has 0 spiro atoms. The van der Waals surface area contributed by atoms with E-state index in [2.05, 4.69) is 25.3 Å². The molecule has 0 saturated carbocycles. The predicted octanol–water partition coefficient (Wildman–Crippen LogP) is 5.38. The van der Waals surface area contributed by atoms with Crippen molar-refractivity contribution in [3.8, 4) is 0 Å². The zero-order valence-electron chi connectivity index (χ0n) is 20.0. The Hall–Kier alpha value is -2.81. The number of alkyl halides is 3. The SMILES string of the molecule is CCCOC(=O)c1nnc(N=Nc2cc3c(cc2NS(=O)(=O)CC(F)(F)F)N(CCC)C(C)CC3)s1. The first kappa shape index (κ1) is 27.8. The summed E-state index contributed by atoms with van der Waals surface area (Å²) in [6, 6.07) is 3.28. The number of anilines is 2. The van der Waals surface area contributed by atoms with Gasteiger partial charge in [0, 0.05) is 18.3 Å². The third kappa shape index (κ3) is 7.35. The van der Waals surface area contributed by atoms with Crippen molar-refractivity contribution < 1.29 is 31.1 Å². The minimum absolute atomic E-state index is 0.00139. The lowest BCUT2D eigenvalue weighted by Crippen LogP contribution is -2.38. The van der Waals surface area contributed by atoms with Crippen molar-refractivity contribution in [2.75, 3.05) is 28.5 Å². The highest BCUT2D eigenvalue weighted by Gasteiger charge is 2.36. The van der Waals surface area contributed by atoms with Gasteiger partial charge in [0.2, 0.25) is 15.0 Å². The molecule has 10 nitrogen and oxygen atoms in total. The maximum Gasteiger partial charge on any atom is 0.404 e. The van der Waals surface area contributed by atoms with Gasteiger partial charge in [0.05, 0.1) is 12.3 Å². The topological polar surface area (TPSA) is 126 Å². The number of hydrogen-bond donors (Lipinski definition) is 1. The van der Waals surface area contributed by atoms with Crippen molar-refractivity contribution in [3.05, 3.63) is 22.7 Å². The molecule has 1 aromatic heterocycles. The Morgan fingerprint density at radius 3 is 2.67 bits per heavy atom. The highest BCUT2D eigenvalue weighted by molar-refractivity contribution is 7.92. The van der Waals surface area contributed by atoms with Gasteiger partial charge in [0.25, 0.3) is 5.13 Å². The second-order valence-electron chi connectivity index (χ2n) is 8.28. The van der Waals surface area contributed by atoms with Crippen molar-refractivity contribution in [2.45, 2.75) is 58.7 Å². The lowest BCUT2D eigenvalue weighted by Gasteiger charge is -2.37. The third-order valence-electron chi connectivity index (χ3n) is 5.22. The van der Waals surface area contributed by atoms with Gasteiger partial charge in [0.15, 0.2) is 5.75 Å². The van der Waals surface area contributed by atoms with E-state index in [0.717, 1.165) is 35.4 Å². The van der Waals surface area contributed by atoms with Crippen LogP contribution in [0.4, 0.5) is 35.4 Å². The Labute approximate surface area is 211 Å². The summed E-state index contributed by atoms with van der Waals surface area (Å²) in [6.07, 6.45) is -1.92. The Morgan fingerprint density at radius 2 is 2.00 bits per heavy atom. The number of esters is 1. The van der Waals surface area contributed by atoms with E-state index in [-0.39, 0.29) is 34.2 Å². The number of benzene rings is 1. The molecule has 0 radical (unpaired) electrons. The van der Waals surface area contributed by atoms with Crippen LogP contribution in [0.1, 0.15) is 55.4 Å². The summed E-state index contributed by atoms with van der Waals surface area (Å²) in [5, 5.41) is 15.4. The van der Waals surface area contributed by atoms with Gasteiger partial charge in [-0.05, 0) is 50.3 Å². The van der Waals surface area contributed by atoms with Crippen LogP contribution < -0.4 is 9.62 Å². The second kappa shape index (κ2) is 11.5. The number of azo groups is 1. The van der Waals surface area contributed by atoms with Crippen LogP contribution in [-0.2, 0) is 21.2 Å². The summed E-state index contributed by atoms with van der Waals surface area (Å²) in [7, 11) is -4.77. The van der Waals surface area contributed by atoms with Gasteiger partial charge >= 0.3 is 12.1 Å². The van der Waals surface area contributed by atoms with E-state index >= 15 is 0 Å². The zero-order chi connectivity index (χ0) is 26.5. The normalized spacial score (nSPS) is 16.3. The van der Waals surface area contributed by atoms with Crippen LogP contribution in [0.5, 0.6) is 0 Å². The van der Waals surface area contributed by atoms with Crippen molar-refractivity contribution >= 4 is 49.5 Å². The molecule has 0 fully saturated rings. The molecule has 1 aromatic carbocycles. The van der Waals surface area contributed by atoms with Gasteiger partial charge in [-0.25, -0.2) is 13.2 Å². The van der Waals surface area contributed by atoms with Gasteiger partial charge in [-0.15, -0.1) is 20.4 Å². The molecule has 1 aliphatic heterocycles. The predicted molar refractivity (Wildman–Crippen MR) is 130 cm³/mol. The molecule has 1 aliphatic rings. The first-order valence-electron chi connectivity index (χ1n) is 11.4. The van der Waals surface area contributed by atoms with Crippen molar-refractivity contribution in [3.63, 3.8) is 0 Å². The van der Waals surface area contributed by atoms with Crippen LogP contribution in [0, 0.1) is 0 Å². The molecule has 15 heteroatoms. The molecule has 36 heavy (non-hydrogen) atoms. The standard InChI is InChI=1S/C21H27F3N6O4S2/c1-4-8-30-13(3)6-7-14-10-15(16(11-17(14)30)29-36(32,33)12-21(22,23)24)25-27-20-28-26-18(35-20)19(31)34-9-5-2/h10-11,13,29H,4-9,12H2,1-3H3. The number of fused-ring (bicyclic) bond motifs is 1. The maximum absolute atomic E-state index is 12.8. The number of rotatable bonds is 10. The summed E-state index contributed by atoms with van der Waals surface area (Å²) >= 11 is 0.821. The molecule has 2 heterocycles. The molecule has 3 rings (SSSR count). The number of hydrogen-bond acceptors (Lipinski definition) is 10. The zero-order valence-corrected chi connectivity index (χ0v) is 21.6. The monoisotopic (exact) mass is 548 g/mol. The summed E-state index contributed by atoms with van der Waals surface area (Å²) < 4.78 is 70.0. The second-order valence-corrected chi connectivity index (χ2v) is 11.0. The van der Waals surface area contributed by atoms with Gasteiger partial charge < -0.3 is 9.64 Å². The summed E-state index contributed by atoms with van der Waals surface area (Å²) in [4.78, 5) is 14.0. The van der Waals surface area contributed by atoms with Crippen molar-refractivity contribution in [1.29, 1.82) is 0 Å². The summed E-state index contributed by atoms with van der Waals surface area (Å²) in [6.45, 7) is 6.81. The van der Waals surface area contributed by atoms with Crippen molar-refractivity contribution in [1.82, 2.24) is 10.2 Å². The van der Waals surface area contributed by atoms with Gasteiger partial charge in [0.1, 0.15) is 5.69 Å². The van der Waals surface area contributed by atoms with E-state index in [1.165, 1.54) is 6.07 Å². The number of sulfonamides is 1. The molecule has 0 bridgehead atoms. The maximum atomic E-state index is 12.8. The number of nitrogens with zero attached hydrogens (tertiary/aromatic N) is 5. The fraction of sp³-hybridized carbons (Fsp3) is 0.571. The molecule has 2 aromatic rings. The molecule has 1 atom stereocenters. The Morgan fingerprint density at radius 1 is 1.25 bits per heavy atom. The number of carbonyl (C=O) groups is 1. The molecule has 0 amide bonds. The van der Waals surface area contributed by atoms with E-state index in [1.54, 1.807) is 6.07 Å². The number of ether oxygens (including phenoxy) is 1. The fourth-order valence-electron chi connectivity index (χ4n) is 3.70. The number of carbonyl (C=O) groups excluding carboxylic acids is 1. The lowest BCUT2D eigenvalue weighted by molar-refractivity contribution is -0.106. The van der Waals surface area contributed by atoms with E-state index in [1.807, 2.05) is 25.5 Å². The smallest absolute Gasteiger partial charge is 0.404 e. The number of aromatic nitrogens is 2. The third-order valence-corrected chi connectivity index (χ3v) is 7.25. The van der Waals surface area contributed by atoms with Crippen LogP contribution in [0.2, 0.25) is 0 Å². The average Bonchev–Trinajstić information content (AvgIpc) is 3.25. The summed E-state index contributed by atoms with van der Waals surface area (Å²) in [5.74, 6) is -2.70. The average molecular weight is 549 g/mol. The first-order chi connectivity index (χ1) is 16.9. The fourth-order valence-corrected chi connectivity index (χ4v) is 5.26. The van der Waals surface area contributed by atoms with E-state index in [0.29, 0.717) is 19.4 Å². The minimum Gasteiger partial charge on any atom is -0.460 e. The van der Waals surface area contributed by atoms with Gasteiger partial charge in [-0.1, -0.05) is 25.2 Å². The first-order valence-corrected chi connectivity index (χ1v) is 13.8. The number of nitrogens with one attached hydrogen (secondary N) is 1. The van der Waals surface area contributed by atoms with E-state index in [9.17, 15) is 26.4 Å². The van der Waals surface area contributed by atoms with Crippen LogP contribution in [0.15, 0.2) is 22.4 Å². The summed E-state index contributed by atoms with van der Waals surface area (Å²) in [5.41, 5.74) is 1.49. The minimum atomic E-state index is -4.92. The largest absolute Gasteiger partial charge is 0.460 e. The number of aryl methyl sites for hydroxylation is 1. The van der Waals surface area contributed by atoms with Crippen LogP contribution in [0.25, 0.3) is 0 Å². The van der Waals surface area contributed by atoms with Gasteiger partial charge in [-0.3, -0.25) is 4.72 Å². The Kier molecular flexibility index (Phi) is 8.87. The Bertz CT molecular complexity index is 1220.